The Labute approximate surface area is 79.7 Å². The van der Waals surface area contributed by atoms with Crippen LogP contribution in [0.5, 0.6) is 5.75 Å². The third-order valence-corrected chi connectivity index (χ3v) is 2.35. The van der Waals surface area contributed by atoms with E-state index >= 15 is 0 Å². The molecule has 1 saturated carbocycles. The molecular formula is C12H14O. The first-order valence-electron chi connectivity index (χ1n) is 4.83. The molecule has 0 amide bonds. The van der Waals surface area contributed by atoms with Crippen molar-refractivity contribution in [3.63, 3.8) is 0 Å². The lowest BCUT2D eigenvalue weighted by Crippen LogP contribution is -1.97. The average Bonchev–Trinajstić information content (AvgIpc) is 2.88. The first-order valence-corrected chi connectivity index (χ1v) is 4.83. The van der Waals surface area contributed by atoms with Crippen LogP contribution in [0.25, 0.3) is 0 Å². The van der Waals surface area contributed by atoms with Crippen LogP contribution < -0.4 is 4.74 Å². The van der Waals surface area contributed by atoms with Crippen molar-refractivity contribution in [1.82, 2.24) is 0 Å². The van der Waals surface area contributed by atoms with Crippen molar-refractivity contribution in [2.45, 2.75) is 19.3 Å². The van der Waals surface area contributed by atoms with E-state index in [1.165, 1.54) is 19.3 Å². The number of ether oxygens (including phenoxy) is 1. The molecule has 0 bridgehead atoms. The van der Waals surface area contributed by atoms with Gasteiger partial charge in [-0.05, 0) is 37.0 Å². The van der Waals surface area contributed by atoms with Gasteiger partial charge in [-0.2, -0.15) is 0 Å². The van der Waals surface area contributed by atoms with Gasteiger partial charge in [-0.15, -0.1) is 0 Å². The van der Waals surface area contributed by atoms with E-state index in [0.717, 1.165) is 23.8 Å². The fourth-order valence-electron chi connectivity index (χ4n) is 1.35. The van der Waals surface area contributed by atoms with Gasteiger partial charge in [-0.1, -0.05) is 25.0 Å². The predicted molar refractivity (Wildman–Crippen MR) is 52.7 cm³/mol. The summed E-state index contributed by atoms with van der Waals surface area (Å²) in [6, 6.07) is 7.60. The van der Waals surface area contributed by atoms with Gasteiger partial charge in [-0.3, -0.25) is 0 Å². The Bertz CT molecular complexity index is 276. The van der Waals surface area contributed by atoms with Crippen LogP contribution in [0.15, 0.2) is 24.3 Å². The molecule has 0 N–H and O–H groups in total. The second-order valence-electron chi connectivity index (χ2n) is 3.65. The molecule has 0 spiro atoms. The van der Waals surface area contributed by atoms with Gasteiger partial charge in [0.15, 0.2) is 0 Å². The van der Waals surface area contributed by atoms with Crippen molar-refractivity contribution in [2.24, 2.45) is 5.92 Å². The number of benzene rings is 1. The van der Waals surface area contributed by atoms with Crippen molar-refractivity contribution < 1.29 is 4.74 Å². The first-order chi connectivity index (χ1) is 6.34. The molecule has 1 aromatic carbocycles. The maximum absolute atomic E-state index is 5.62. The fraction of sp³-hybridized carbons (Fsp3) is 0.417. The monoisotopic (exact) mass is 174 g/mol. The average molecular weight is 174 g/mol. The van der Waals surface area contributed by atoms with Gasteiger partial charge in [0.25, 0.3) is 0 Å². The van der Waals surface area contributed by atoms with E-state index in [2.05, 4.69) is 0 Å². The molecule has 1 fully saturated rings. The highest BCUT2D eigenvalue weighted by Crippen LogP contribution is 2.32. The van der Waals surface area contributed by atoms with Crippen molar-refractivity contribution in [1.29, 1.82) is 0 Å². The molecule has 2 radical (unpaired) electrons. The van der Waals surface area contributed by atoms with Crippen LogP contribution in [0.1, 0.15) is 24.8 Å². The highest BCUT2D eigenvalue weighted by atomic mass is 16.5. The molecule has 0 saturated heterocycles. The molecule has 0 atom stereocenters. The van der Waals surface area contributed by atoms with Gasteiger partial charge >= 0.3 is 0 Å². The van der Waals surface area contributed by atoms with Crippen LogP contribution in [0.3, 0.4) is 0 Å². The van der Waals surface area contributed by atoms with E-state index in [9.17, 15) is 0 Å². The third kappa shape index (κ3) is 2.76. The lowest BCUT2D eigenvalue weighted by Gasteiger charge is -2.05. The van der Waals surface area contributed by atoms with Gasteiger partial charge in [0.1, 0.15) is 5.75 Å². The molecule has 1 aliphatic carbocycles. The molecule has 1 aliphatic rings. The minimum absolute atomic E-state index is 0.768. The zero-order valence-electron chi connectivity index (χ0n) is 7.70. The standard InChI is InChI=1S/C12H14O/c1-10-3-2-4-12(9-10)13-8-7-11-5-6-11/h1-4,9,11H,5-8H2. The van der Waals surface area contributed by atoms with Crippen molar-refractivity contribution in [3.05, 3.63) is 36.8 Å². The molecule has 68 valence electrons. The Kier molecular flexibility index (Phi) is 2.53. The topological polar surface area (TPSA) is 9.23 Å². The largest absolute Gasteiger partial charge is 0.494 e. The van der Waals surface area contributed by atoms with Crippen molar-refractivity contribution in [2.75, 3.05) is 6.61 Å². The maximum Gasteiger partial charge on any atom is 0.119 e. The van der Waals surface area contributed by atoms with Crippen LogP contribution in [0.4, 0.5) is 0 Å². The normalized spacial score (nSPS) is 15.8. The number of hydrogen-bond acceptors (Lipinski definition) is 1. The zero-order chi connectivity index (χ0) is 9.10. The summed E-state index contributed by atoms with van der Waals surface area (Å²) in [6.07, 6.45) is 3.97. The van der Waals surface area contributed by atoms with E-state index < -0.39 is 0 Å². The quantitative estimate of drug-likeness (QED) is 0.682. The minimum Gasteiger partial charge on any atom is -0.494 e. The molecule has 0 heterocycles. The molecule has 2 rings (SSSR count). The summed E-state index contributed by atoms with van der Waals surface area (Å²) in [6.45, 7) is 6.45. The third-order valence-electron chi connectivity index (χ3n) is 2.35. The summed E-state index contributed by atoms with van der Waals surface area (Å²) in [5.74, 6) is 1.82. The summed E-state index contributed by atoms with van der Waals surface area (Å²) in [7, 11) is 0. The molecule has 0 aliphatic heterocycles. The van der Waals surface area contributed by atoms with Crippen LogP contribution >= 0.6 is 0 Å². The Balaban J connectivity index is 1.79. The lowest BCUT2D eigenvalue weighted by atomic mass is 10.2. The van der Waals surface area contributed by atoms with Crippen molar-refractivity contribution >= 4 is 0 Å². The van der Waals surface area contributed by atoms with Gasteiger partial charge < -0.3 is 4.74 Å². The smallest absolute Gasteiger partial charge is 0.119 e. The summed E-state index contributed by atoms with van der Waals surface area (Å²) >= 11 is 0. The van der Waals surface area contributed by atoms with Gasteiger partial charge in [0.05, 0.1) is 6.61 Å². The predicted octanol–water partition coefficient (Wildman–Crippen LogP) is 2.92. The van der Waals surface area contributed by atoms with Crippen LogP contribution in [0.2, 0.25) is 0 Å². The second kappa shape index (κ2) is 3.82. The molecule has 0 aromatic heterocycles. The maximum atomic E-state index is 5.62. The second-order valence-corrected chi connectivity index (χ2v) is 3.65. The molecule has 13 heavy (non-hydrogen) atoms. The summed E-state index contributed by atoms with van der Waals surface area (Å²) in [5.41, 5.74) is 0.768. The van der Waals surface area contributed by atoms with E-state index in [1.54, 1.807) is 0 Å². The van der Waals surface area contributed by atoms with Gasteiger partial charge in [-0.25, -0.2) is 0 Å². The molecule has 1 aromatic rings. The van der Waals surface area contributed by atoms with E-state index in [1.807, 2.05) is 24.3 Å². The fourth-order valence-corrected chi connectivity index (χ4v) is 1.35. The van der Waals surface area contributed by atoms with E-state index in [4.69, 9.17) is 11.7 Å². The number of hydrogen-bond donors (Lipinski definition) is 0. The summed E-state index contributed by atoms with van der Waals surface area (Å²) < 4.78 is 5.56. The highest BCUT2D eigenvalue weighted by Gasteiger charge is 2.20. The summed E-state index contributed by atoms with van der Waals surface area (Å²) in [4.78, 5) is 0. The zero-order valence-corrected chi connectivity index (χ0v) is 7.70. The van der Waals surface area contributed by atoms with Crippen LogP contribution in [-0.2, 0) is 0 Å². The first kappa shape index (κ1) is 8.61. The molecule has 0 unspecified atom stereocenters. The van der Waals surface area contributed by atoms with E-state index in [-0.39, 0.29) is 0 Å². The molecule has 1 heteroatoms. The lowest BCUT2D eigenvalue weighted by molar-refractivity contribution is 0.302. The Morgan fingerprint density at radius 3 is 2.92 bits per heavy atom. The van der Waals surface area contributed by atoms with Crippen molar-refractivity contribution in [3.8, 4) is 5.75 Å². The van der Waals surface area contributed by atoms with E-state index in [0.29, 0.717) is 0 Å². The number of rotatable bonds is 4. The Morgan fingerprint density at radius 1 is 1.38 bits per heavy atom. The SMILES string of the molecule is [CH]c1cccc(OCCC2CC2)c1. The molecular weight excluding hydrogens is 160 g/mol. The minimum atomic E-state index is 0.768. The van der Waals surface area contributed by atoms with Crippen LogP contribution in [0, 0.1) is 12.8 Å². The summed E-state index contributed by atoms with van der Waals surface area (Å²) in [5, 5.41) is 0. The van der Waals surface area contributed by atoms with Gasteiger partial charge in [0, 0.05) is 0 Å². The van der Waals surface area contributed by atoms with Crippen LogP contribution in [-0.4, -0.2) is 6.61 Å². The highest BCUT2D eigenvalue weighted by molar-refractivity contribution is 5.29. The Morgan fingerprint density at radius 2 is 2.23 bits per heavy atom. The Hall–Kier alpha value is -0.980. The van der Waals surface area contributed by atoms with Gasteiger partial charge in [0.2, 0.25) is 0 Å². The molecule has 1 nitrogen and oxygen atoms in total.